The summed E-state index contributed by atoms with van der Waals surface area (Å²) >= 11 is 0. The minimum absolute atomic E-state index is 0.0942. The Morgan fingerprint density at radius 1 is 1.31 bits per heavy atom. The van der Waals surface area contributed by atoms with Crippen molar-refractivity contribution in [2.75, 3.05) is 11.5 Å². The molecule has 5 heteroatoms. The molecule has 70 valence electrons. The summed E-state index contributed by atoms with van der Waals surface area (Å²) in [4.78, 5) is 11.2. The third kappa shape index (κ3) is 1.51. The largest absolute Gasteiger partial charge is 0.310 e. The van der Waals surface area contributed by atoms with E-state index in [2.05, 4.69) is 0 Å². The van der Waals surface area contributed by atoms with E-state index >= 15 is 0 Å². The van der Waals surface area contributed by atoms with Crippen LogP contribution in [0, 0.1) is 0 Å². The monoisotopic (exact) mass is 199 g/mol. The third-order valence-corrected chi connectivity index (χ3v) is 3.92. The number of pyridine rings is 1. The van der Waals surface area contributed by atoms with Gasteiger partial charge in [-0.25, -0.2) is 8.42 Å². The fourth-order valence-corrected chi connectivity index (χ4v) is 2.84. The summed E-state index contributed by atoms with van der Waals surface area (Å²) in [7, 11) is -2.86. The van der Waals surface area contributed by atoms with Crippen LogP contribution in [0.5, 0.6) is 0 Å². The number of hydrogen-bond donors (Lipinski definition) is 0. The third-order valence-electron chi connectivity index (χ3n) is 2.14. The highest BCUT2D eigenvalue weighted by molar-refractivity contribution is 7.92. The fraction of sp³-hybridized carbons (Fsp3) is 0.375. The molecule has 1 aliphatic heterocycles. The van der Waals surface area contributed by atoms with Crippen LogP contribution in [-0.4, -0.2) is 24.5 Å². The predicted octanol–water partition coefficient (Wildman–Crippen LogP) is -0.182. The molecule has 0 saturated carbocycles. The molecule has 0 amide bonds. The first-order chi connectivity index (χ1) is 6.08. The van der Waals surface area contributed by atoms with E-state index in [1.807, 2.05) is 0 Å². The molecule has 0 aromatic carbocycles. The van der Waals surface area contributed by atoms with Crippen LogP contribution in [0.2, 0.25) is 0 Å². The van der Waals surface area contributed by atoms with Crippen LogP contribution in [0.3, 0.4) is 0 Å². The normalized spacial score (nSPS) is 20.9. The van der Waals surface area contributed by atoms with Crippen molar-refractivity contribution in [2.24, 2.45) is 0 Å². The molecule has 0 aliphatic carbocycles. The topological polar surface area (TPSA) is 56.1 Å². The van der Waals surface area contributed by atoms with E-state index in [1.165, 1.54) is 10.6 Å². The molecule has 1 fully saturated rings. The second kappa shape index (κ2) is 2.70. The number of sulfone groups is 1. The molecule has 4 nitrogen and oxygen atoms in total. The highest BCUT2D eigenvalue weighted by atomic mass is 32.2. The van der Waals surface area contributed by atoms with Gasteiger partial charge in [-0.1, -0.05) is 6.07 Å². The zero-order valence-corrected chi connectivity index (χ0v) is 7.70. The summed E-state index contributed by atoms with van der Waals surface area (Å²) in [5.74, 6) is 0.188. The maximum atomic E-state index is 11.2. The minimum atomic E-state index is -2.86. The van der Waals surface area contributed by atoms with Crippen molar-refractivity contribution in [3.05, 3.63) is 34.7 Å². The maximum Gasteiger partial charge on any atom is 0.250 e. The van der Waals surface area contributed by atoms with Crippen LogP contribution < -0.4 is 5.56 Å². The van der Waals surface area contributed by atoms with Crippen molar-refractivity contribution < 1.29 is 8.42 Å². The molecular weight excluding hydrogens is 190 g/mol. The smallest absolute Gasteiger partial charge is 0.250 e. The lowest BCUT2D eigenvalue weighted by atomic mass is 10.3. The second-order valence-corrected chi connectivity index (χ2v) is 5.33. The van der Waals surface area contributed by atoms with Crippen molar-refractivity contribution in [2.45, 2.75) is 6.04 Å². The first-order valence-electron chi connectivity index (χ1n) is 3.96. The Morgan fingerprint density at radius 2 is 2.00 bits per heavy atom. The van der Waals surface area contributed by atoms with Gasteiger partial charge in [0.05, 0.1) is 17.5 Å². The Balaban J connectivity index is 2.30. The first-order valence-corrected chi connectivity index (χ1v) is 5.78. The van der Waals surface area contributed by atoms with Crippen LogP contribution in [0.25, 0.3) is 0 Å². The summed E-state index contributed by atoms with van der Waals surface area (Å²) in [6.07, 6.45) is 1.63. The van der Waals surface area contributed by atoms with E-state index in [1.54, 1.807) is 18.3 Å². The second-order valence-electron chi connectivity index (χ2n) is 3.18. The van der Waals surface area contributed by atoms with Gasteiger partial charge in [-0.15, -0.1) is 0 Å². The van der Waals surface area contributed by atoms with E-state index in [9.17, 15) is 13.2 Å². The molecule has 2 rings (SSSR count). The summed E-state index contributed by atoms with van der Waals surface area (Å²) in [5.41, 5.74) is -0.137. The Morgan fingerprint density at radius 3 is 2.54 bits per heavy atom. The standard InChI is InChI=1S/C8H9NO3S/c10-8-3-1-2-4-9(8)7-5-13(11,12)6-7/h1-4,7H,5-6H2. The molecule has 1 aromatic heterocycles. The average Bonchev–Trinajstić information content (AvgIpc) is 2.01. The summed E-state index contributed by atoms with van der Waals surface area (Å²) in [6.45, 7) is 0. The molecule has 0 N–H and O–H groups in total. The van der Waals surface area contributed by atoms with Crippen molar-refractivity contribution in [1.29, 1.82) is 0 Å². The SMILES string of the molecule is O=c1ccccn1C1CS(=O)(=O)C1. The molecule has 0 atom stereocenters. The lowest BCUT2D eigenvalue weighted by molar-refractivity contribution is 0.498. The number of hydrogen-bond acceptors (Lipinski definition) is 3. The fourth-order valence-electron chi connectivity index (χ4n) is 1.44. The lowest BCUT2D eigenvalue weighted by Gasteiger charge is -2.27. The molecule has 1 aromatic rings. The van der Waals surface area contributed by atoms with Gasteiger partial charge in [0.15, 0.2) is 9.84 Å². The van der Waals surface area contributed by atoms with Gasteiger partial charge < -0.3 is 4.57 Å². The van der Waals surface area contributed by atoms with Crippen LogP contribution in [0.1, 0.15) is 6.04 Å². The zero-order chi connectivity index (χ0) is 9.47. The van der Waals surface area contributed by atoms with E-state index < -0.39 is 9.84 Å². The predicted molar refractivity (Wildman–Crippen MR) is 48.4 cm³/mol. The highest BCUT2D eigenvalue weighted by Gasteiger charge is 2.34. The van der Waals surface area contributed by atoms with Gasteiger partial charge in [0.25, 0.3) is 5.56 Å². The van der Waals surface area contributed by atoms with Crippen LogP contribution in [0.15, 0.2) is 29.2 Å². The van der Waals surface area contributed by atoms with Crippen LogP contribution in [0.4, 0.5) is 0 Å². The van der Waals surface area contributed by atoms with Gasteiger partial charge in [-0.3, -0.25) is 4.79 Å². The molecule has 0 radical (unpaired) electrons. The van der Waals surface area contributed by atoms with Crippen LogP contribution >= 0.6 is 0 Å². The Hall–Kier alpha value is -1.10. The van der Waals surface area contributed by atoms with E-state index in [-0.39, 0.29) is 23.1 Å². The van der Waals surface area contributed by atoms with E-state index in [0.717, 1.165) is 0 Å². The number of nitrogens with zero attached hydrogens (tertiary/aromatic N) is 1. The van der Waals surface area contributed by atoms with Crippen molar-refractivity contribution >= 4 is 9.84 Å². The van der Waals surface area contributed by atoms with Gasteiger partial charge >= 0.3 is 0 Å². The van der Waals surface area contributed by atoms with E-state index in [0.29, 0.717) is 0 Å². The molecule has 2 heterocycles. The molecule has 0 bridgehead atoms. The molecule has 1 saturated heterocycles. The Bertz CT molecular complexity index is 462. The molecule has 0 spiro atoms. The average molecular weight is 199 g/mol. The zero-order valence-electron chi connectivity index (χ0n) is 6.88. The molecule has 1 aliphatic rings. The first kappa shape index (κ1) is 8.50. The number of rotatable bonds is 1. The van der Waals surface area contributed by atoms with Gasteiger partial charge in [0.1, 0.15) is 0 Å². The van der Waals surface area contributed by atoms with Gasteiger partial charge in [-0.05, 0) is 6.07 Å². The summed E-state index contributed by atoms with van der Waals surface area (Å²) in [6, 6.07) is 4.65. The van der Waals surface area contributed by atoms with E-state index in [4.69, 9.17) is 0 Å². The van der Waals surface area contributed by atoms with Crippen molar-refractivity contribution in [3.8, 4) is 0 Å². The molecule has 0 unspecified atom stereocenters. The Labute approximate surface area is 75.7 Å². The lowest BCUT2D eigenvalue weighted by Crippen LogP contribution is -2.42. The van der Waals surface area contributed by atoms with Gasteiger partial charge in [0.2, 0.25) is 0 Å². The number of aromatic nitrogens is 1. The molecule has 13 heavy (non-hydrogen) atoms. The van der Waals surface area contributed by atoms with Crippen LogP contribution in [-0.2, 0) is 9.84 Å². The quantitative estimate of drug-likeness (QED) is 0.630. The minimum Gasteiger partial charge on any atom is -0.310 e. The van der Waals surface area contributed by atoms with Crippen molar-refractivity contribution in [3.63, 3.8) is 0 Å². The summed E-state index contributed by atoms with van der Waals surface area (Å²) in [5, 5.41) is 0. The highest BCUT2D eigenvalue weighted by Crippen LogP contribution is 2.21. The summed E-state index contributed by atoms with van der Waals surface area (Å²) < 4.78 is 23.2. The van der Waals surface area contributed by atoms with Gasteiger partial charge in [-0.2, -0.15) is 0 Å². The molecular formula is C8H9NO3S. The maximum absolute atomic E-state index is 11.2. The van der Waals surface area contributed by atoms with Gasteiger partial charge in [0, 0.05) is 12.3 Å². The van der Waals surface area contributed by atoms with Crippen molar-refractivity contribution in [1.82, 2.24) is 4.57 Å². The Kier molecular flexibility index (Phi) is 1.76.